The van der Waals surface area contributed by atoms with Gasteiger partial charge in [0, 0.05) is 19.6 Å². The largest absolute Gasteiger partial charge is 0.348 e. The number of benzene rings is 3. The van der Waals surface area contributed by atoms with Gasteiger partial charge < -0.3 is 10.6 Å². The summed E-state index contributed by atoms with van der Waals surface area (Å²) in [7, 11) is -3.71. The Balaban J connectivity index is 1.54. The molecule has 1 aliphatic heterocycles. The third-order valence-corrected chi connectivity index (χ3v) is 7.83. The fourth-order valence-electron chi connectivity index (χ4n) is 3.77. The summed E-state index contributed by atoms with van der Waals surface area (Å²) in [6.07, 6.45) is 1.62. The zero-order valence-corrected chi connectivity index (χ0v) is 19.9. The van der Waals surface area contributed by atoms with Crippen LogP contribution in [-0.4, -0.2) is 37.6 Å². The maximum Gasteiger partial charge on any atom is 0.257 e. The molecule has 4 rings (SSSR count). The van der Waals surface area contributed by atoms with Crippen LogP contribution in [0.15, 0.2) is 77.7 Å². The Morgan fingerprint density at radius 3 is 2.26 bits per heavy atom. The van der Waals surface area contributed by atoms with E-state index in [1.54, 1.807) is 24.3 Å². The van der Waals surface area contributed by atoms with Gasteiger partial charge in [0.25, 0.3) is 11.8 Å². The molecule has 0 spiro atoms. The monoisotopic (exact) mass is 497 g/mol. The highest BCUT2D eigenvalue weighted by Crippen LogP contribution is 2.26. The predicted octanol–water partition coefficient (Wildman–Crippen LogP) is 4.31. The first-order valence-corrected chi connectivity index (χ1v) is 12.7. The van der Waals surface area contributed by atoms with Gasteiger partial charge in [-0.15, -0.1) is 0 Å². The Morgan fingerprint density at radius 1 is 0.853 bits per heavy atom. The molecule has 0 aromatic heterocycles. The quantitative estimate of drug-likeness (QED) is 0.508. The molecule has 0 aliphatic carbocycles. The van der Waals surface area contributed by atoms with Crippen molar-refractivity contribution in [3.05, 3.63) is 94.5 Å². The number of para-hydroxylation sites is 1. The van der Waals surface area contributed by atoms with Crippen LogP contribution in [0.25, 0.3) is 0 Å². The van der Waals surface area contributed by atoms with Crippen molar-refractivity contribution in [2.24, 2.45) is 0 Å². The first-order valence-electron chi connectivity index (χ1n) is 10.9. The van der Waals surface area contributed by atoms with Crippen molar-refractivity contribution in [2.75, 3.05) is 18.4 Å². The fourth-order valence-corrected chi connectivity index (χ4v) is 5.52. The van der Waals surface area contributed by atoms with Gasteiger partial charge in [-0.3, -0.25) is 9.59 Å². The van der Waals surface area contributed by atoms with Crippen molar-refractivity contribution in [3.63, 3.8) is 0 Å². The minimum Gasteiger partial charge on any atom is -0.348 e. The van der Waals surface area contributed by atoms with E-state index >= 15 is 0 Å². The summed E-state index contributed by atoms with van der Waals surface area (Å²) in [5.74, 6) is -0.956. The third-order valence-electron chi connectivity index (χ3n) is 5.60. The topological polar surface area (TPSA) is 95.6 Å². The lowest BCUT2D eigenvalue weighted by Crippen LogP contribution is -2.28. The molecular weight excluding hydrogens is 474 g/mol. The van der Waals surface area contributed by atoms with Crippen molar-refractivity contribution in [1.29, 1.82) is 0 Å². The first kappa shape index (κ1) is 23.9. The van der Waals surface area contributed by atoms with Gasteiger partial charge in [-0.25, -0.2) is 8.42 Å². The van der Waals surface area contributed by atoms with Gasteiger partial charge in [-0.1, -0.05) is 54.1 Å². The summed E-state index contributed by atoms with van der Waals surface area (Å²) in [5.41, 5.74) is 1.53. The van der Waals surface area contributed by atoms with Gasteiger partial charge in [0.05, 0.1) is 26.7 Å². The van der Waals surface area contributed by atoms with Crippen LogP contribution in [0.1, 0.15) is 39.1 Å². The van der Waals surface area contributed by atoms with Crippen LogP contribution in [0.5, 0.6) is 0 Å². The van der Waals surface area contributed by atoms with Crippen LogP contribution in [0, 0.1) is 0 Å². The van der Waals surface area contributed by atoms with E-state index in [2.05, 4.69) is 10.6 Å². The van der Waals surface area contributed by atoms with Crippen LogP contribution in [0.3, 0.4) is 0 Å². The molecule has 0 saturated carbocycles. The lowest BCUT2D eigenvalue weighted by Gasteiger charge is -2.17. The van der Waals surface area contributed by atoms with Gasteiger partial charge >= 0.3 is 0 Å². The summed E-state index contributed by atoms with van der Waals surface area (Å²) < 4.78 is 27.2. The number of hydrogen-bond donors (Lipinski definition) is 2. The SMILES string of the molecule is O=C(Nc1ccccc1C(=O)NCc1ccccc1)c1cc(S(=O)(=O)N2CCCC2)ccc1Cl. The van der Waals surface area contributed by atoms with E-state index < -0.39 is 15.9 Å². The van der Waals surface area contributed by atoms with Crippen LogP contribution < -0.4 is 10.6 Å². The summed E-state index contributed by atoms with van der Waals surface area (Å²) in [6.45, 7) is 1.25. The number of nitrogens with one attached hydrogen (secondary N) is 2. The number of sulfonamides is 1. The molecule has 1 heterocycles. The molecule has 1 saturated heterocycles. The molecule has 9 heteroatoms. The maximum absolute atomic E-state index is 13.1. The zero-order valence-electron chi connectivity index (χ0n) is 18.3. The number of anilines is 1. The molecule has 34 heavy (non-hydrogen) atoms. The van der Waals surface area contributed by atoms with Crippen molar-refractivity contribution in [3.8, 4) is 0 Å². The lowest BCUT2D eigenvalue weighted by atomic mass is 10.1. The second-order valence-electron chi connectivity index (χ2n) is 7.92. The highest BCUT2D eigenvalue weighted by atomic mass is 35.5. The molecular formula is C25H24ClN3O4S. The summed E-state index contributed by atoms with van der Waals surface area (Å²) in [6, 6.07) is 20.2. The number of hydrogen-bond acceptors (Lipinski definition) is 4. The Morgan fingerprint density at radius 2 is 1.53 bits per heavy atom. The highest BCUT2D eigenvalue weighted by molar-refractivity contribution is 7.89. The van der Waals surface area contributed by atoms with Crippen molar-refractivity contribution >= 4 is 39.1 Å². The van der Waals surface area contributed by atoms with E-state index in [-0.39, 0.29) is 27.0 Å². The minimum atomic E-state index is -3.71. The smallest absolute Gasteiger partial charge is 0.257 e. The van der Waals surface area contributed by atoms with Gasteiger partial charge in [-0.2, -0.15) is 4.31 Å². The molecule has 7 nitrogen and oxygen atoms in total. The van der Waals surface area contributed by atoms with E-state index in [1.165, 1.54) is 22.5 Å². The molecule has 176 valence electrons. The van der Waals surface area contributed by atoms with Crippen molar-refractivity contribution < 1.29 is 18.0 Å². The van der Waals surface area contributed by atoms with Crippen LogP contribution in [-0.2, 0) is 16.6 Å². The predicted molar refractivity (Wildman–Crippen MR) is 131 cm³/mol. The maximum atomic E-state index is 13.1. The molecule has 3 aromatic rings. The molecule has 2 N–H and O–H groups in total. The average molecular weight is 498 g/mol. The van der Waals surface area contributed by atoms with Crippen LogP contribution in [0.2, 0.25) is 5.02 Å². The Hall–Kier alpha value is -3.20. The number of halogens is 1. The van der Waals surface area contributed by atoms with Crippen molar-refractivity contribution in [2.45, 2.75) is 24.3 Å². The van der Waals surface area contributed by atoms with Crippen LogP contribution >= 0.6 is 11.6 Å². The Bertz CT molecular complexity index is 1310. The van der Waals surface area contributed by atoms with Gasteiger partial charge in [-0.05, 0) is 48.7 Å². The van der Waals surface area contributed by atoms with Gasteiger partial charge in [0.15, 0.2) is 0 Å². The van der Waals surface area contributed by atoms with E-state index in [4.69, 9.17) is 11.6 Å². The second kappa shape index (κ2) is 10.4. The lowest BCUT2D eigenvalue weighted by molar-refractivity contribution is 0.0951. The molecule has 1 aliphatic rings. The Kier molecular flexibility index (Phi) is 7.31. The highest BCUT2D eigenvalue weighted by Gasteiger charge is 2.28. The average Bonchev–Trinajstić information content (AvgIpc) is 3.40. The summed E-state index contributed by atoms with van der Waals surface area (Å²) in [4.78, 5) is 25.8. The number of rotatable bonds is 7. The molecule has 0 bridgehead atoms. The molecule has 3 aromatic carbocycles. The number of nitrogens with zero attached hydrogens (tertiary/aromatic N) is 1. The molecule has 0 unspecified atom stereocenters. The summed E-state index contributed by atoms with van der Waals surface area (Å²) in [5, 5.41) is 5.66. The Labute approximate surface area is 203 Å². The number of amides is 2. The molecule has 1 fully saturated rings. The summed E-state index contributed by atoms with van der Waals surface area (Å²) >= 11 is 6.24. The van der Waals surface area contributed by atoms with E-state index in [0.29, 0.717) is 25.3 Å². The van der Waals surface area contributed by atoms with Crippen LogP contribution in [0.4, 0.5) is 5.69 Å². The molecule has 2 amide bonds. The molecule has 0 radical (unpaired) electrons. The standard InChI is InChI=1S/C25H24ClN3O4S/c26-22-13-12-19(34(32,33)29-14-6-7-15-29)16-21(22)25(31)28-23-11-5-4-10-20(23)24(30)27-17-18-8-2-1-3-9-18/h1-5,8-13,16H,6-7,14-15,17H2,(H,27,30)(H,28,31). The van der Waals surface area contributed by atoms with E-state index in [9.17, 15) is 18.0 Å². The van der Waals surface area contributed by atoms with E-state index in [0.717, 1.165) is 18.4 Å². The van der Waals surface area contributed by atoms with Gasteiger partial charge in [0.1, 0.15) is 0 Å². The first-order chi connectivity index (χ1) is 16.4. The van der Waals surface area contributed by atoms with Gasteiger partial charge in [0.2, 0.25) is 10.0 Å². The van der Waals surface area contributed by atoms with E-state index in [1.807, 2.05) is 30.3 Å². The number of carbonyl (C=O) groups excluding carboxylic acids is 2. The zero-order chi connectivity index (χ0) is 24.1. The molecule has 0 atom stereocenters. The van der Waals surface area contributed by atoms with Crippen molar-refractivity contribution in [1.82, 2.24) is 9.62 Å². The normalized spacial score (nSPS) is 14.0. The number of carbonyl (C=O) groups is 2. The fraction of sp³-hybridized carbons (Fsp3) is 0.200. The minimum absolute atomic E-state index is 0.0119. The third kappa shape index (κ3) is 5.30. The second-order valence-corrected chi connectivity index (χ2v) is 10.3.